The van der Waals surface area contributed by atoms with Crippen LogP contribution in [0.25, 0.3) is 5.57 Å². The van der Waals surface area contributed by atoms with Crippen LogP contribution in [0.15, 0.2) is 60.7 Å². The van der Waals surface area contributed by atoms with E-state index in [-0.39, 0.29) is 0 Å². The Morgan fingerprint density at radius 1 is 0.941 bits per heavy atom. The molecule has 0 saturated heterocycles. The van der Waals surface area contributed by atoms with Gasteiger partial charge in [0.2, 0.25) is 0 Å². The molecule has 0 fully saturated rings. The molecule has 0 aliphatic carbocycles. The minimum atomic E-state index is 0.760. The summed E-state index contributed by atoms with van der Waals surface area (Å²) < 4.78 is 0. The van der Waals surface area contributed by atoms with Gasteiger partial charge in [0.1, 0.15) is 0 Å². The summed E-state index contributed by atoms with van der Waals surface area (Å²) in [6.45, 7) is 3.89. The van der Waals surface area contributed by atoms with E-state index in [4.69, 9.17) is 11.6 Å². The molecule has 85 valence electrons. The molecule has 2 aromatic carbocycles. The molecule has 0 saturated carbocycles. The van der Waals surface area contributed by atoms with Crippen molar-refractivity contribution >= 4 is 17.2 Å². The van der Waals surface area contributed by atoms with Crippen LogP contribution in [0, 0.1) is 6.92 Å². The van der Waals surface area contributed by atoms with E-state index in [0.29, 0.717) is 0 Å². The van der Waals surface area contributed by atoms with Gasteiger partial charge in [-0.3, -0.25) is 0 Å². The smallest absolute Gasteiger partial charge is 0.0406 e. The maximum atomic E-state index is 5.91. The van der Waals surface area contributed by atoms with Crippen LogP contribution < -0.4 is 0 Å². The van der Waals surface area contributed by atoms with Crippen molar-refractivity contribution in [1.29, 1.82) is 0 Å². The zero-order valence-corrected chi connectivity index (χ0v) is 10.3. The van der Waals surface area contributed by atoms with Gasteiger partial charge in [0.15, 0.2) is 0 Å². The highest BCUT2D eigenvalue weighted by atomic mass is 35.5. The Morgan fingerprint density at radius 2 is 1.53 bits per heavy atom. The third-order valence-electron chi connectivity index (χ3n) is 2.59. The molecule has 0 aromatic heterocycles. The van der Waals surface area contributed by atoms with Crippen LogP contribution in [0.3, 0.4) is 0 Å². The molecule has 0 aliphatic rings. The van der Waals surface area contributed by atoms with Crippen molar-refractivity contribution in [3.8, 4) is 0 Å². The maximum Gasteiger partial charge on any atom is 0.0406 e. The minimum Gasteiger partial charge on any atom is -0.0843 e. The van der Waals surface area contributed by atoms with Gasteiger partial charge in [0.25, 0.3) is 0 Å². The molecule has 0 heterocycles. The number of hydrogen-bond donors (Lipinski definition) is 0. The zero-order chi connectivity index (χ0) is 12.1. The quantitative estimate of drug-likeness (QED) is 0.710. The lowest BCUT2D eigenvalue weighted by molar-refractivity contribution is 1.39. The molecule has 1 heteroatoms. The molecule has 0 nitrogen and oxygen atoms in total. The van der Waals surface area contributed by atoms with Crippen LogP contribution >= 0.6 is 11.6 Å². The molecule has 0 bridgehead atoms. The van der Waals surface area contributed by atoms with Crippen molar-refractivity contribution in [2.24, 2.45) is 0 Å². The number of allylic oxidation sites excluding steroid dienone is 1. The van der Waals surface area contributed by atoms with Gasteiger partial charge in [-0.05, 0) is 42.2 Å². The van der Waals surface area contributed by atoms with Crippen molar-refractivity contribution in [2.75, 3.05) is 0 Å². The van der Waals surface area contributed by atoms with Gasteiger partial charge < -0.3 is 0 Å². The van der Waals surface area contributed by atoms with E-state index in [1.807, 2.05) is 42.5 Å². The van der Waals surface area contributed by atoms with E-state index in [9.17, 15) is 0 Å². The van der Waals surface area contributed by atoms with Gasteiger partial charge in [-0.2, -0.15) is 0 Å². The highest BCUT2D eigenvalue weighted by Crippen LogP contribution is 2.24. The molecule has 0 spiro atoms. The predicted molar refractivity (Wildman–Crippen MR) is 74.9 cm³/mol. The van der Waals surface area contributed by atoms with Gasteiger partial charge in [0.05, 0.1) is 0 Å². The van der Waals surface area contributed by atoms with E-state index >= 15 is 0 Å². The van der Waals surface area contributed by atoms with E-state index in [2.05, 4.69) is 25.1 Å². The molecular formula is C16H14Cl. The second kappa shape index (κ2) is 5.70. The number of benzene rings is 2. The van der Waals surface area contributed by atoms with E-state index in [1.54, 1.807) is 0 Å². The van der Waals surface area contributed by atoms with Gasteiger partial charge in [-0.15, -0.1) is 0 Å². The number of halogens is 1. The summed E-state index contributed by atoms with van der Waals surface area (Å²) in [7, 11) is 0. The molecule has 0 N–H and O–H groups in total. The van der Waals surface area contributed by atoms with Gasteiger partial charge >= 0.3 is 0 Å². The molecule has 0 aliphatic heterocycles. The van der Waals surface area contributed by atoms with Crippen molar-refractivity contribution in [1.82, 2.24) is 0 Å². The highest BCUT2D eigenvalue weighted by molar-refractivity contribution is 6.30. The first-order valence-corrected chi connectivity index (χ1v) is 6.00. The molecular weight excluding hydrogens is 228 g/mol. The van der Waals surface area contributed by atoms with E-state index in [1.165, 1.54) is 16.7 Å². The van der Waals surface area contributed by atoms with Crippen molar-refractivity contribution in [2.45, 2.75) is 6.42 Å². The Labute approximate surface area is 108 Å². The molecule has 0 unspecified atom stereocenters. The van der Waals surface area contributed by atoms with Crippen molar-refractivity contribution < 1.29 is 0 Å². The Bertz CT molecular complexity index is 495. The van der Waals surface area contributed by atoms with E-state index in [0.717, 1.165) is 11.4 Å². The Morgan fingerprint density at radius 3 is 2.12 bits per heavy atom. The van der Waals surface area contributed by atoms with Gasteiger partial charge in [0, 0.05) is 5.02 Å². The topological polar surface area (TPSA) is 0 Å². The molecule has 2 aromatic rings. The second-order valence-corrected chi connectivity index (χ2v) is 4.22. The molecule has 0 amide bonds. The molecule has 2 rings (SSSR count). The third-order valence-corrected chi connectivity index (χ3v) is 2.84. The summed E-state index contributed by atoms with van der Waals surface area (Å²) in [5.41, 5.74) is 3.58. The Balaban J connectivity index is 2.44. The summed E-state index contributed by atoms with van der Waals surface area (Å²) in [4.78, 5) is 0. The molecule has 17 heavy (non-hydrogen) atoms. The van der Waals surface area contributed by atoms with Crippen molar-refractivity contribution in [3.63, 3.8) is 0 Å². The molecule has 0 atom stereocenters. The largest absolute Gasteiger partial charge is 0.0843 e. The number of rotatable bonds is 3. The number of hydrogen-bond acceptors (Lipinski definition) is 0. The zero-order valence-electron chi connectivity index (χ0n) is 9.57. The maximum absolute atomic E-state index is 5.91. The summed E-state index contributed by atoms with van der Waals surface area (Å²) >= 11 is 5.91. The lowest BCUT2D eigenvalue weighted by Gasteiger charge is -2.08. The average Bonchev–Trinajstić information content (AvgIpc) is 2.38. The lowest BCUT2D eigenvalue weighted by Crippen LogP contribution is -1.87. The van der Waals surface area contributed by atoms with Crippen LogP contribution in [0.4, 0.5) is 0 Å². The second-order valence-electron chi connectivity index (χ2n) is 3.78. The Hall–Kier alpha value is -1.53. The predicted octanol–water partition coefficient (Wildman–Crippen LogP) is 5.00. The summed E-state index contributed by atoms with van der Waals surface area (Å²) in [5.74, 6) is 0. The van der Waals surface area contributed by atoms with Gasteiger partial charge in [-0.1, -0.05) is 60.1 Å². The van der Waals surface area contributed by atoms with Crippen LogP contribution in [0.5, 0.6) is 0 Å². The highest BCUT2D eigenvalue weighted by Gasteiger charge is 2.03. The first-order valence-electron chi connectivity index (χ1n) is 5.62. The fourth-order valence-corrected chi connectivity index (χ4v) is 1.92. The Kier molecular flexibility index (Phi) is 4.00. The summed E-state index contributed by atoms with van der Waals surface area (Å²) in [5, 5.41) is 0.760. The SMILES string of the molecule is [CH2]C/C=C(\c1ccccc1)c1ccc(Cl)cc1. The lowest BCUT2D eigenvalue weighted by atomic mass is 9.97. The van der Waals surface area contributed by atoms with Crippen LogP contribution in [-0.4, -0.2) is 0 Å². The first-order chi connectivity index (χ1) is 8.31. The first kappa shape index (κ1) is 11.9. The van der Waals surface area contributed by atoms with Gasteiger partial charge in [-0.25, -0.2) is 0 Å². The summed E-state index contributed by atoms with van der Waals surface area (Å²) in [6, 6.07) is 18.2. The standard InChI is InChI=1S/C16H14Cl/c1-2-6-16(13-7-4-3-5-8-13)14-9-11-15(17)12-10-14/h3-12H,1-2H2/b16-6+. The normalized spacial score (nSPS) is 11.5. The molecule has 1 radical (unpaired) electrons. The van der Waals surface area contributed by atoms with Crippen LogP contribution in [0.1, 0.15) is 17.5 Å². The fourth-order valence-electron chi connectivity index (χ4n) is 1.79. The van der Waals surface area contributed by atoms with Crippen LogP contribution in [0.2, 0.25) is 5.02 Å². The monoisotopic (exact) mass is 241 g/mol. The third kappa shape index (κ3) is 2.98. The van der Waals surface area contributed by atoms with Crippen molar-refractivity contribution in [3.05, 3.63) is 83.7 Å². The summed E-state index contributed by atoms with van der Waals surface area (Å²) in [6.07, 6.45) is 2.91. The fraction of sp³-hybridized carbons (Fsp3) is 0.0625. The minimum absolute atomic E-state index is 0.760. The average molecular weight is 242 g/mol. The van der Waals surface area contributed by atoms with E-state index < -0.39 is 0 Å². The van der Waals surface area contributed by atoms with Crippen LogP contribution in [-0.2, 0) is 0 Å².